The summed E-state index contributed by atoms with van der Waals surface area (Å²) in [6, 6.07) is 11.4. The highest BCUT2D eigenvalue weighted by Crippen LogP contribution is 2.36. The SMILES string of the molecule is CCN(CC)C(C)Oc1ccc(-c2ccc(C(=S)NCCN(C(C)C)C(C)C)s2)cc1OC. The molecular weight excluding hydrogens is 450 g/mol. The molecule has 0 aliphatic heterocycles. The van der Waals surface area contributed by atoms with E-state index in [0.717, 1.165) is 58.0 Å². The predicted octanol–water partition coefficient (Wildman–Crippen LogP) is 5.87. The van der Waals surface area contributed by atoms with Gasteiger partial charge in [-0.2, -0.15) is 0 Å². The topological polar surface area (TPSA) is 37.0 Å². The highest BCUT2D eigenvalue weighted by atomic mass is 32.1. The molecule has 1 heterocycles. The van der Waals surface area contributed by atoms with Crippen molar-refractivity contribution in [2.24, 2.45) is 0 Å². The van der Waals surface area contributed by atoms with E-state index < -0.39 is 0 Å². The summed E-state index contributed by atoms with van der Waals surface area (Å²) in [5.74, 6) is 1.50. The standard InChI is InChI=1S/C26H41N3O2S2/c1-9-28(10-2)20(7)31-22-12-11-21(17-23(22)30-8)24-13-14-25(33-24)26(32)27-15-16-29(18(3)4)19(5)6/h11-14,17-20H,9-10,15-16H2,1-8H3,(H,27,32). The van der Waals surface area contributed by atoms with Crippen molar-refractivity contribution < 1.29 is 9.47 Å². The van der Waals surface area contributed by atoms with Crippen molar-refractivity contribution in [2.75, 3.05) is 33.3 Å². The molecule has 0 saturated heterocycles. The Kier molecular flexibility index (Phi) is 11.1. The average Bonchev–Trinajstić information content (AvgIpc) is 3.27. The summed E-state index contributed by atoms with van der Waals surface area (Å²) in [7, 11) is 1.69. The van der Waals surface area contributed by atoms with Gasteiger partial charge in [-0.1, -0.05) is 26.1 Å². The van der Waals surface area contributed by atoms with E-state index in [0.29, 0.717) is 12.1 Å². The first-order valence-corrected chi connectivity index (χ1v) is 13.2. The molecule has 0 bridgehead atoms. The Morgan fingerprint density at radius 3 is 2.24 bits per heavy atom. The van der Waals surface area contributed by atoms with Crippen molar-refractivity contribution >= 4 is 28.5 Å². The first kappa shape index (κ1) is 27.6. The van der Waals surface area contributed by atoms with Gasteiger partial charge in [0.05, 0.1) is 12.0 Å². The summed E-state index contributed by atoms with van der Waals surface area (Å²) >= 11 is 7.36. The van der Waals surface area contributed by atoms with Crippen molar-refractivity contribution in [3.05, 3.63) is 35.2 Å². The van der Waals surface area contributed by atoms with E-state index in [1.165, 1.54) is 0 Å². The maximum Gasteiger partial charge on any atom is 0.163 e. The van der Waals surface area contributed by atoms with Crippen molar-refractivity contribution in [1.82, 2.24) is 15.1 Å². The van der Waals surface area contributed by atoms with E-state index in [1.54, 1.807) is 18.4 Å². The molecule has 0 saturated carbocycles. The maximum absolute atomic E-state index is 6.18. The van der Waals surface area contributed by atoms with Gasteiger partial charge in [0.25, 0.3) is 0 Å². The number of rotatable bonds is 13. The van der Waals surface area contributed by atoms with E-state index in [2.05, 4.69) is 81.8 Å². The van der Waals surface area contributed by atoms with Crippen molar-refractivity contribution in [3.8, 4) is 21.9 Å². The fourth-order valence-electron chi connectivity index (χ4n) is 4.03. The number of ether oxygens (including phenoxy) is 2. The Bertz CT molecular complexity index is 870. The Hall–Kier alpha value is -1.67. The van der Waals surface area contributed by atoms with Gasteiger partial charge in [-0.25, -0.2) is 0 Å². The second-order valence-electron chi connectivity index (χ2n) is 8.65. The third kappa shape index (κ3) is 7.67. The Morgan fingerprint density at radius 1 is 1.00 bits per heavy atom. The van der Waals surface area contributed by atoms with Crippen LogP contribution in [0.2, 0.25) is 0 Å². The zero-order chi connectivity index (χ0) is 24.5. The molecule has 1 N–H and O–H groups in total. The molecule has 0 aliphatic rings. The van der Waals surface area contributed by atoms with Crippen LogP contribution >= 0.6 is 23.6 Å². The minimum Gasteiger partial charge on any atom is -0.493 e. The van der Waals surface area contributed by atoms with Gasteiger partial charge in [0.1, 0.15) is 11.2 Å². The average molecular weight is 492 g/mol. The van der Waals surface area contributed by atoms with Crippen LogP contribution in [0.3, 0.4) is 0 Å². The minimum atomic E-state index is -0.0149. The summed E-state index contributed by atoms with van der Waals surface area (Å²) in [5, 5.41) is 3.43. The summed E-state index contributed by atoms with van der Waals surface area (Å²) in [5.41, 5.74) is 1.10. The van der Waals surface area contributed by atoms with Crippen LogP contribution in [0.25, 0.3) is 10.4 Å². The first-order chi connectivity index (χ1) is 15.7. The van der Waals surface area contributed by atoms with Gasteiger partial charge in [0.15, 0.2) is 11.5 Å². The highest BCUT2D eigenvalue weighted by Gasteiger charge is 2.16. The molecule has 2 rings (SSSR count). The van der Waals surface area contributed by atoms with Crippen LogP contribution in [-0.4, -0.2) is 66.4 Å². The summed E-state index contributed by atoms with van der Waals surface area (Å²) in [6.07, 6.45) is -0.0149. The van der Waals surface area contributed by atoms with Crippen LogP contribution in [0.5, 0.6) is 11.5 Å². The smallest absolute Gasteiger partial charge is 0.163 e. The van der Waals surface area contributed by atoms with Gasteiger partial charge >= 0.3 is 0 Å². The number of thiocarbonyl (C=S) groups is 1. The van der Waals surface area contributed by atoms with Gasteiger partial charge in [0.2, 0.25) is 0 Å². The minimum absolute atomic E-state index is 0.0149. The van der Waals surface area contributed by atoms with Crippen LogP contribution < -0.4 is 14.8 Å². The molecule has 184 valence electrons. The highest BCUT2D eigenvalue weighted by molar-refractivity contribution is 7.81. The quantitative estimate of drug-likeness (QED) is 0.279. The third-order valence-corrected chi connectivity index (χ3v) is 7.53. The molecule has 0 aliphatic carbocycles. The van der Waals surface area contributed by atoms with Gasteiger partial charge in [-0.05, 0) is 83.6 Å². The van der Waals surface area contributed by atoms with Gasteiger partial charge in [-0.15, -0.1) is 11.3 Å². The number of benzene rings is 1. The Balaban J connectivity index is 2.06. The molecule has 2 aromatic rings. The Labute approximate surface area is 210 Å². The predicted molar refractivity (Wildman–Crippen MR) is 146 cm³/mol. The molecule has 0 radical (unpaired) electrons. The molecule has 1 atom stereocenters. The van der Waals surface area contributed by atoms with E-state index in [1.807, 2.05) is 12.1 Å². The molecule has 33 heavy (non-hydrogen) atoms. The van der Waals surface area contributed by atoms with Crippen molar-refractivity contribution in [1.29, 1.82) is 0 Å². The largest absolute Gasteiger partial charge is 0.493 e. The second kappa shape index (κ2) is 13.3. The number of nitrogens with one attached hydrogen (secondary N) is 1. The third-order valence-electron chi connectivity index (χ3n) is 5.88. The lowest BCUT2D eigenvalue weighted by molar-refractivity contribution is 0.0458. The zero-order valence-corrected chi connectivity index (χ0v) is 23.1. The van der Waals surface area contributed by atoms with Crippen molar-refractivity contribution in [2.45, 2.75) is 66.8 Å². The lowest BCUT2D eigenvalue weighted by Crippen LogP contribution is -2.42. The fraction of sp³-hybridized carbons (Fsp3) is 0.577. The molecular formula is C26H41N3O2S2. The number of hydrogen-bond donors (Lipinski definition) is 1. The monoisotopic (exact) mass is 491 g/mol. The molecule has 1 aromatic carbocycles. The molecule has 0 spiro atoms. The van der Waals surface area contributed by atoms with Gasteiger partial charge < -0.3 is 14.8 Å². The van der Waals surface area contributed by atoms with E-state index >= 15 is 0 Å². The zero-order valence-electron chi connectivity index (χ0n) is 21.5. The Morgan fingerprint density at radius 2 is 1.67 bits per heavy atom. The molecule has 1 unspecified atom stereocenters. The number of hydrogen-bond acceptors (Lipinski definition) is 6. The summed E-state index contributed by atoms with van der Waals surface area (Å²) in [6.45, 7) is 19.0. The van der Waals surface area contributed by atoms with Crippen LogP contribution in [0.1, 0.15) is 53.3 Å². The van der Waals surface area contributed by atoms with E-state index in [4.69, 9.17) is 21.7 Å². The van der Waals surface area contributed by atoms with Gasteiger partial charge in [0, 0.05) is 30.1 Å². The summed E-state index contributed by atoms with van der Waals surface area (Å²) < 4.78 is 11.8. The van der Waals surface area contributed by atoms with Crippen LogP contribution in [0, 0.1) is 0 Å². The van der Waals surface area contributed by atoms with E-state index in [9.17, 15) is 0 Å². The molecule has 7 heteroatoms. The van der Waals surface area contributed by atoms with Crippen LogP contribution in [0.15, 0.2) is 30.3 Å². The number of methoxy groups -OCH3 is 1. The van der Waals surface area contributed by atoms with E-state index in [-0.39, 0.29) is 6.23 Å². The van der Waals surface area contributed by atoms with Crippen LogP contribution in [-0.2, 0) is 0 Å². The maximum atomic E-state index is 6.18. The van der Waals surface area contributed by atoms with Crippen LogP contribution in [0.4, 0.5) is 0 Å². The summed E-state index contributed by atoms with van der Waals surface area (Å²) in [4.78, 5) is 7.76. The van der Waals surface area contributed by atoms with Crippen molar-refractivity contribution in [3.63, 3.8) is 0 Å². The number of thiophene rings is 1. The first-order valence-electron chi connectivity index (χ1n) is 11.9. The lowest BCUT2D eigenvalue weighted by Gasteiger charge is -2.30. The number of nitrogens with zero attached hydrogens (tertiary/aromatic N) is 2. The molecule has 0 amide bonds. The fourth-order valence-corrected chi connectivity index (χ4v) is 5.24. The van der Waals surface area contributed by atoms with Gasteiger partial charge in [-0.3, -0.25) is 9.80 Å². The molecule has 0 fully saturated rings. The normalized spacial score (nSPS) is 12.6. The lowest BCUT2D eigenvalue weighted by atomic mass is 10.1. The second-order valence-corrected chi connectivity index (χ2v) is 10.1. The molecule has 1 aromatic heterocycles. The molecule has 5 nitrogen and oxygen atoms in total.